The first-order valence-electron chi connectivity index (χ1n) is 7.13. The number of imidazole rings is 1. The second-order valence-corrected chi connectivity index (χ2v) is 7.30. The van der Waals surface area contributed by atoms with E-state index in [0.717, 1.165) is 0 Å². The zero-order valence-corrected chi connectivity index (χ0v) is 14.0. The quantitative estimate of drug-likeness (QED) is 0.815. The fraction of sp³-hybridized carbons (Fsp3) is 0.500. The number of nitrogens with zero attached hydrogens (tertiary/aromatic N) is 2. The highest BCUT2D eigenvalue weighted by Crippen LogP contribution is 2.19. The molecule has 1 aliphatic rings. The number of hydrogen-bond donors (Lipinski definition) is 1. The molecule has 1 N–H and O–H groups in total. The molecule has 1 aromatic heterocycles. The molecule has 3 rings (SSSR count). The zero-order valence-electron chi connectivity index (χ0n) is 13.1. The van der Waals surface area contributed by atoms with Gasteiger partial charge in [-0.2, -0.15) is 0 Å². The van der Waals surface area contributed by atoms with Gasteiger partial charge in [0.15, 0.2) is 0 Å². The maximum atomic E-state index is 12.6. The summed E-state index contributed by atoms with van der Waals surface area (Å²) in [6, 6.07) is 4.18. The molecule has 2 aromatic rings. The van der Waals surface area contributed by atoms with Gasteiger partial charge in [0.05, 0.1) is 41.3 Å². The second-order valence-electron chi connectivity index (χ2n) is 5.59. The number of aromatic nitrogens is 2. The van der Waals surface area contributed by atoms with Gasteiger partial charge in [0.2, 0.25) is 10.0 Å². The van der Waals surface area contributed by atoms with Gasteiger partial charge < -0.3 is 9.47 Å². The summed E-state index contributed by atoms with van der Waals surface area (Å²) in [5.74, 6) is 0. The molecule has 1 aliphatic heterocycles. The highest BCUT2D eigenvalue weighted by atomic mass is 32.2. The fourth-order valence-electron chi connectivity index (χ4n) is 2.80. The Morgan fingerprint density at radius 3 is 2.61 bits per heavy atom. The lowest BCUT2D eigenvalue weighted by Gasteiger charge is -2.17. The maximum Gasteiger partial charge on any atom is 0.328 e. The predicted molar refractivity (Wildman–Crippen MR) is 83.9 cm³/mol. The average molecular weight is 341 g/mol. The number of benzene rings is 1. The van der Waals surface area contributed by atoms with Gasteiger partial charge in [-0.05, 0) is 18.2 Å². The summed E-state index contributed by atoms with van der Waals surface area (Å²) >= 11 is 0. The van der Waals surface area contributed by atoms with E-state index in [0.29, 0.717) is 17.6 Å². The van der Waals surface area contributed by atoms with Crippen molar-refractivity contribution in [1.82, 2.24) is 13.9 Å². The molecular formula is C14H19N3O5S. The number of ether oxygens (including phenoxy) is 2. The molecule has 0 saturated carbocycles. The molecule has 1 aromatic carbocycles. The minimum absolute atomic E-state index is 0.105. The van der Waals surface area contributed by atoms with Crippen molar-refractivity contribution >= 4 is 21.1 Å². The van der Waals surface area contributed by atoms with Crippen LogP contribution in [0.1, 0.15) is 0 Å². The van der Waals surface area contributed by atoms with Gasteiger partial charge in [-0.3, -0.25) is 9.13 Å². The van der Waals surface area contributed by atoms with E-state index in [2.05, 4.69) is 4.72 Å². The number of hydrogen-bond acceptors (Lipinski definition) is 5. The van der Waals surface area contributed by atoms with Gasteiger partial charge in [-0.25, -0.2) is 17.9 Å². The first kappa shape index (κ1) is 16.2. The Morgan fingerprint density at radius 1 is 1.22 bits per heavy atom. The monoisotopic (exact) mass is 341 g/mol. The van der Waals surface area contributed by atoms with Crippen molar-refractivity contribution in [1.29, 1.82) is 0 Å². The minimum atomic E-state index is -3.73. The largest absolute Gasteiger partial charge is 0.377 e. The Bertz CT molecular complexity index is 899. The molecule has 2 atom stereocenters. The molecule has 126 valence electrons. The van der Waals surface area contributed by atoms with Crippen LogP contribution < -0.4 is 10.4 Å². The molecule has 0 bridgehead atoms. The lowest BCUT2D eigenvalue weighted by Crippen LogP contribution is -2.43. The Morgan fingerprint density at radius 2 is 1.91 bits per heavy atom. The van der Waals surface area contributed by atoms with Crippen molar-refractivity contribution in [2.45, 2.75) is 17.0 Å². The van der Waals surface area contributed by atoms with Gasteiger partial charge in [0.25, 0.3) is 0 Å². The van der Waals surface area contributed by atoms with Crippen molar-refractivity contribution in [3.63, 3.8) is 0 Å². The van der Waals surface area contributed by atoms with Crippen molar-refractivity contribution in [2.24, 2.45) is 14.1 Å². The van der Waals surface area contributed by atoms with Crippen molar-refractivity contribution in [3.8, 4) is 0 Å². The Labute approximate surface area is 133 Å². The third kappa shape index (κ3) is 2.69. The first-order valence-corrected chi connectivity index (χ1v) is 8.62. The average Bonchev–Trinajstić information content (AvgIpc) is 3.05. The van der Waals surface area contributed by atoms with Crippen LogP contribution in [-0.4, -0.2) is 50.0 Å². The van der Waals surface area contributed by atoms with Crippen LogP contribution in [0.3, 0.4) is 0 Å². The predicted octanol–water partition coefficient (Wildman–Crippen LogP) is -0.431. The van der Waals surface area contributed by atoms with Crippen LogP contribution in [0.25, 0.3) is 11.0 Å². The summed E-state index contributed by atoms with van der Waals surface area (Å²) in [5.41, 5.74) is 1.04. The summed E-state index contributed by atoms with van der Waals surface area (Å²) < 4.78 is 41.1. The molecular weight excluding hydrogens is 322 g/mol. The topological polar surface area (TPSA) is 91.6 Å². The van der Waals surface area contributed by atoms with E-state index in [4.69, 9.17) is 9.47 Å². The summed E-state index contributed by atoms with van der Waals surface area (Å²) in [6.45, 7) is 0.625. The van der Waals surface area contributed by atoms with E-state index in [1.165, 1.54) is 28.4 Å². The van der Waals surface area contributed by atoms with Crippen LogP contribution in [0.15, 0.2) is 27.9 Å². The lowest BCUT2D eigenvalue weighted by atomic mass is 10.2. The molecule has 1 saturated heterocycles. The van der Waals surface area contributed by atoms with E-state index in [1.807, 2.05) is 0 Å². The summed E-state index contributed by atoms with van der Waals surface area (Å²) in [6.07, 6.45) is -0.311. The van der Waals surface area contributed by atoms with E-state index >= 15 is 0 Å². The normalized spacial score (nSPS) is 22.0. The van der Waals surface area contributed by atoms with E-state index in [9.17, 15) is 13.2 Å². The molecule has 0 radical (unpaired) electrons. The summed E-state index contributed by atoms with van der Waals surface area (Å²) in [4.78, 5) is 12.0. The van der Waals surface area contributed by atoms with Gasteiger partial charge >= 0.3 is 5.69 Å². The van der Waals surface area contributed by atoms with E-state index < -0.39 is 16.1 Å². The number of rotatable bonds is 4. The van der Waals surface area contributed by atoms with E-state index in [1.54, 1.807) is 20.2 Å². The molecule has 0 amide bonds. The van der Waals surface area contributed by atoms with Crippen LogP contribution >= 0.6 is 0 Å². The number of sulfonamides is 1. The molecule has 1 fully saturated rings. The third-order valence-electron chi connectivity index (χ3n) is 4.19. The Kier molecular flexibility index (Phi) is 4.05. The number of nitrogens with one attached hydrogen (secondary N) is 1. The Balaban J connectivity index is 1.98. The molecule has 0 unspecified atom stereocenters. The standard InChI is InChI=1S/C14H19N3O5S/c1-16-11-5-4-9(6-12(11)17(2)14(16)18)23(19,20)15-10-7-22-8-13(10)21-3/h4-6,10,13,15H,7-8H2,1-3H3/t10-,13-/m0/s1. The molecule has 9 heteroatoms. The smallest absolute Gasteiger partial charge is 0.328 e. The highest BCUT2D eigenvalue weighted by molar-refractivity contribution is 7.89. The maximum absolute atomic E-state index is 12.6. The zero-order chi connectivity index (χ0) is 16.8. The Hall–Kier alpha value is -1.68. The molecule has 2 heterocycles. The second kappa shape index (κ2) is 5.75. The summed E-state index contributed by atoms with van der Waals surface area (Å²) in [5, 5.41) is 0. The highest BCUT2D eigenvalue weighted by Gasteiger charge is 2.32. The lowest BCUT2D eigenvalue weighted by molar-refractivity contribution is 0.0761. The van der Waals surface area contributed by atoms with Crippen LogP contribution in [0, 0.1) is 0 Å². The number of methoxy groups -OCH3 is 1. The van der Waals surface area contributed by atoms with Crippen LogP contribution in [-0.2, 0) is 33.6 Å². The minimum Gasteiger partial charge on any atom is -0.377 e. The molecule has 23 heavy (non-hydrogen) atoms. The van der Waals surface area contributed by atoms with Gasteiger partial charge in [0.1, 0.15) is 0 Å². The van der Waals surface area contributed by atoms with Gasteiger partial charge in [-0.1, -0.05) is 0 Å². The number of fused-ring (bicyclic) bond motifs is 1. The number of aryl methyl sites for hydroxylation is 2. The van der Waals surface area contributed by atoms with Gasteiger partial charge in [-0.15, -0.1) is 0 Å². The first-order chi connectivity index (χ1) is 10.8. The fourth-order valence-corrected chi connectivity index (χ4v) is 4.07. The van der Waals surface area contributed by atoms with Crippen LogP contribution in [0.2, 0.25) is 0 Å². The molecule has 0 aliphatic carbocycles. The van der Waals surface area contributed by atoms with Crippen LogP contribution in [0.4, 0.5) is 0 Å². The van der Waals surface area contributed by atoms with Crippen molar-refractivity contribution in [3.05, 3.63) is 28.7 Å². The van der Waals surface area contributed by atoms with Crippen molar-refractivity contribution < 1.29 is 17.9 Å². The summed E-state index contributed by atoms with van der Waals surface area (Å²) in [7, 11) is 1.05. The van der Waals surface area contributed by atoms with E-state index in [-0.39, 0.29) is 23.3 Å². The third-order valence-corrected chi connectivity index (χ3v) is 5.68. The molecule has 0 spiro atoms. The van der Waals surface area contributed by atoms with Crippen LogP contribution in [0.5, 0.6) is 0 Å². The SMILES string of the molecule is CO[C@H]1COC[C@@H]1NS(=O)(=O)c1ccc2c(c1)n(C)c(=O)n2C. The van der Waals surface area contributed by atoms with Crippen molar-refractivity contribution in [2.75, 3.05) is 20.3 Å². The van der Waals surface area contributed by atoms with Gasteiger partial charge in [0, 0.05) is 21.2 Å². The molecule has 8 nitrogen and oxygen atoms in total.